The molecule has 0 aliphatic carbocycles. The van der Waals surface area contributed by atoms with E-state index in [4.69, 9.17) is 4.74 Å². The summed E-state index contributed by atoms with van der Waals surface area (Å²) in [5, 5.41) is 0. The number of rotatable bonds is 8. The van der Waals surface area contributed by atoms with Gasteiger partial charge in [-0.25, -0.2) is 92.8 Å². The number of nitrogens with zero attached hydrogens (tertiary/aromatic N) is 2. The highest BCUT2D eigenvalue weighted by Crippen LogP contribution is 2.30. The van der Waals surface area contributed by atoms with Crippen molar-refractivity contribution in [2.45, 2.75) is 13.5 Å². The van der Waals surface area contributed by atoms with Crippen molar-refractivity contribution in [2.75, 3.05) is 6.61 Å². The second-order valence-electron chi connectivity index (χ2n) is 12.3. The van der Waals surface area contributed by atoms with E-state index in [9.17, 15) is 52.7 Å². The Labute approximate surface area is 327 Å². The van der Waals surface area contributed by atoms with E-state index in [0.717, 1.165) is 6.54 Å². The van der Waals surface area contributed by atoms with E-state index < -0.39 is 144 Å². The Morgan fingerprint density at radius 1 is 0.426 bits per heavy atom. The molecule has 322 valence electrons. The molecule has 1 aromatic heterocycles. The van der Waals surface area contributed by atoms with Crippen LogP contribution in [-0.4, -0.2) is 17.7 Å². The quantitative estimate of drug-likeness (QED) is 0.0517. The van der Waals surface area contributed by atoms with Crippen LogP contribution < -0.4 is 31.2 Å². The maximum atomic E-state index is 15.4. The van der Waals surface area contributed by atoms with Crippen molar-refractivity contribution >= 4 is 28.0 Å². The van der Waals surface area contributed by atoms with E-state index >= 15 is 35.1 Å². The van der Waals surface area contributed by atoms with Crippen molar-refractivity contribution in [1.82, 2.24) is 4.98 Å². The molecule has 3 nitrogen and oxygen atoms in total. The lowest BCUT2D eigenvalue weighted by Gasteiger charge is -2.44. The molecular weight excluding hydrogens is 879 g/mol. The van der Waals surface area contributed by atoms with Gasteiger partial charge in [0, 0.05) is 5.56 Å². The summed E-state index contributed by atoms with van der Waals surface area (Å²) in [7, 11) is 0. The zero-order chi connectivity index (χ0) is 45.6. The Hall–Kier alpha value is -6.36. The molecule has 0 fully saturated rings. The zero-order valence-electron chi connectivity index (χ0n) is 29.5. The van der Waals surface area contributed by atoms with Crippen LogP contribution in [0, 0.1) is 116 Å². The molecule has 0 aliphatic rings. The van der Waals surface area contributed by atoms with Gasteiger partial charge in [-0.2, -0.15) is 4.57 Å². The van der Waals surface area contributed by atoms with Crippen LogP contribution in [0.15, 0.2) is 48.9 Å². The summed E-state index contributed by atoms with van der Waals surface area (Å²) in [6, 6.07) is 10.3. The molecule has 0 N–H and O–H groups in total. The van der Waals surface area contributed by atoms with E-state index in [-0.39, 0.29) is 0 Å². The van der Waals surface area contributed by atoms with Crippen LogP contribution in [0.25, 0.3) is 0 Å². The average molecular weight is 894 g/mol. The lowest BCUT2D eigenvalue weighted by molar-refractivity contribution is -0.689. The molecule has 0 bridgehead atoms. The van der Waals surface area contributed by atoms with Crippen LogP contribution in [0.3, 0.4) is 0 Å². The third-order valence-electron chi connectivity index (χ3n) is 8.94. The monoisotopic (exact) mass is 894 g/mol. The Balaban J connectivity index is 0.000000366. The van der Waals surface area contributed by atoms with E-state index in [1.165, 1.54) is 5.56 Å². The zero-order valence-corrected chi connectivity index (χ0v) is 29.5. The second kappa shape index (κ2) is 17.3. The number of halogens is 20. The molecule has 0 amide bonds. The predicted molar refractivity (Wildman–Crippen MR) is 170 cm³/mol. The molecule has 0 atom stereocenters. The highest BCUT2D eigenvalue weighted by atomic mass is 19.2. The minimum Gasteiger partial charge on any atom is -0.474 e. The maximum absolute atomic E-state index is 15.4. The van der Waals surface area contributed by atoms with Gasteiger partial charge in [-0.15, -0.1) is 21.9 Å². The normalized spacial score (nSPS) is 11.5. The first kappa shape index (κ1) is 45.7. The number of aromatic nitrogens is 2. The Kier molecular flexibility index (Phi) is 13.0. The van der Waals surface area contributed by atoms with E-state index in [0.29, 0.717) is 12.5 Å². The van der Waals surface area contributed by atoms with Gasteiger partial charge in [-0.1, -0.05) is 30.3 Å². The Morgan fingerprint density at radius 2 is 0.705 bits per heavy atom. The molecule has 0 radical (unpaired) electrons. The third kappa shape index (κ3) is 7.44. The number of benzene rings is 5. The maximum Gasteiger partial charge on any atom is 0.279 e. The largest absolute Gasteiger partial charge is 0.474 e. The molecule has 0 saturated carbocycles. The topological polar surface area (TPSA) is 26.0 Å². The Morgan fingerprint density at radius 3 is 0.984 bits per heavy atom. The predicted octanol–water partition coefficient (Wildman–Crippen LogP) is 7.66. The van der Waals surface area contributed by atoms with Crippen LogP contribution in [0.2, 0.25) is 0 Å². The minimum atomic E-state index is -7.22. The van der Waals surface area contributed by atoms with Gasteiger partial charge in [0.05, 0.1) is 12.8 Å². The molecule has 0 unspecified atom stereocenters. The standard InChI is InChI=1S/C24BF20.C13H15N2O/c26-5-1(6(27)14(35)21(42)13(5)34)25(2-7(28)15(36)22(43)16(37)8(2)29,3-9(30)17(38)23(44)18(39)10(3)31)4-11(32)19(40)24(45)20(41)12(4)33;1-2-16-13-11-15(9-8-14-13)10-12-6-4-3-5-7-12/h;3-9,11H,2,10H2,1H3/q-1;+1. The lowest BCUT2D eigenvalue weighted by atomic mass is 9.12. The first-order valence-electron chi connectivity index (χ1n) is 16.3. The van der Waals surface area contributed by atoms with Crippen LogP contribution in [0.1, 0.15) is 12.5 Å². The average Bonchev–Trinajstić information content (AvgIpc) is 3.24. The SMILES string of the molecule is CCOc1c[n+](Cc2ccccc2)ccn1.Fc1c(F)c(F)c([B-](c2c(F)c(F)c(F)c(F)c2F)(c2c(F)c(F)c(F)c(F)c2F)c2c(F)c(F)c(F)c(F)c2F)c(F)c1F. The van der Waals surface area contributed by atoms with Crippen LogP contribution in [0.4, 0.5) is 87.8 Å². The van der Waals surface area contributed by atoms with Gasteiger partial charge in [-0.05, 0) is 6.92 Å². The molecule has 61 heavy (non-hydrogen) atoms. The van der Waals surface area contributed by atoms with Gasteiger partial charge in [-0.3, -0.25) is 0 Å². The van der Waals surface area contributed by atoms with Crippen molar-refractivity contribution in [3.05, 3.63) is 171 Å². The highest BCUT2D eigenvalue weighted by molar-refractivity contribution is 7.20. The summed E-state index contributed by atoms with van der Waals surface area (Å²) in [4.78, 5) is 4.13. The summed E-state index contributed by atoms with van der Waals surface area (Å²) < 4.78 is 301. The van der Waals surface area contributed by atoms with E-state index in [1.54, 1.807) is 6.20 Å². The molecule has 0 saturated heterocycles. The molecule has 0 aliphatic heterocycles. The molecule has 6 rings (SSSR count). The van der Waals surface area contributed by atoms with Crippen LogP contribution in [0.5, 0.6) is 5.88 Å². The fraction of sp³-hybridized carbons (Fsp3) is 0.0811. The molecule has 5 aromatic carbocycles. The summed E-state index contributed by atoms with van der Waals surface area (Å²) >= 11 is 0. The van der Waals surface area contributed by atoms with Gasteiger partial charge in [0.25, 0.3) is 5.88 Å². The third-order valence-corrected chi connectivity index (χ3v) is 8.94. The Bertz CT molecular complexity index is 2320. The summed E-state index contributed by atoms with van der Waals surface area (Å²) in [5.74, 6) is -70.7. The first-order chi connectivity index (χ1) is 28.6. The first-order valence-corrected chi connectivity index (χ1v) is 16.3. The number of ether oxygens (including phenoxy) is 1. The van der Waals surface area contributed by atoms with Crippen molar-refractivity contribution < 1.29 is 97.1 Å². The fourth-order valence-electron chi connectivity index (χ4n) is 6.40. The number of hydrogen-bond donors (Lipinski definition) is 0. The van der Waals surface area contributed by atoms with Gasteiger partial charge in [0.15, 0.2) is 82.5 Å². The van der Waals surface area contributed by atoms with Gasteiger partial charge in [0.1, 0.15) is 52.7 Å². The van der Waals surface area contributed by atoms with E-state index in [2.05, 4.69) is 21.7 Å². The van der Waals surface area contributed by atoms with Crippen LogP contribution in [-0.2, 0) is 6.54 Å². The molecule has 24 heteroatoms. The van der Waals surface area contributed by atoms with Crippen LogP contribution >= 0.6 is 0 Å². The van der Waals surface area contributed by atoms with Gasteiger partial charge >= 0.3 is 0 Å². The molecule has 1 heterocycles. The summed E-state index contributed by atoms with van der Waals surface area (Å²) in [6.45, 7) is 3.43. The van der Waals surface area contributed by atoms with Crippen molar-refractivity contribution in [1.29, 1.82) is 0 Å². The van der Waals surface area contributed by atoms with E-state index in [1.807, 2.05) is 37.5 Å². The van der Waals surface area contributed by atoms with Crippen molar-refractivity contribution in [3.63, 3.8) is 0 Å². The molecular formula is C37H15BF20N2O. The lowest BCUT2D eigenvalue weighted by Crippen LogP contribution is -2.81. The fourth-order valence-corrected chi connectivity index (χ4v) is 6.40. The second-order valence-corrected chi connectivity index (χ2v) is 12.3. The van der Waals surface area contributed by atoms with Gasteiger partial charge in [0.2, 0.25) is 6.20 Å². The molecule has 6 aromatic rings. The van der Waals surface area contributed by atoms with Crippen molar-refractivity contribution in [2.24, 2.45) is 0 Å². The molecule has 0 spiro atoms. The van der Waals surface area contributed by atoms with Crippen molar-refractivity contribution in [3.8, 4) is 5.88 Å². The number of hydrogen-bond acceptors (Lipinski definition) is 2. The summed E-state index contributed by atoms with van der Waals surface area (Å²) in [6.07, 6.45) is -1.61. The minimum absolute atomic E-state index is 0.641. The summed E-state index contributed by atoms with van der Waals surface area (Å²) in [5.41, 5.74) is -13.1. The highest BCUT2D eigenvalue weighted by Gasteiger charge is 2.52. The smallest absolute Gasteiger partial charge is 0.279 e. The van der Waals surface area contributed by atoms with Gasteiger partial charge < -0.3 is 4.74 Å².